The Morgan fingerprint density at radius 2 is 1.65 bits per heavy atom. The number of amides is 1. The van der Waals surface area contributed by atoms with E-state index in [1.54, 1.807) is 24.3 Å². The first-order valence-corrected chi connectivity index (χ1v) is 13.7. The van der Waals surface area contributed by atoms with Crippen molar-refractivity contribution in [2.75, 3.05) is 20.1 Å². The zero-order valence-corrected chi connectivity index (χ0v) is 23.3. The van der Waals surface area contributed by atoms with Crippen LogP contribution in [0, 0.1) is 5.92 Å². The lowest BCUT2D eigenvalue weighted by atomic mass is 9.78. The van der Waals surface area contributed by atoms with E-state index < -0.39 is 11.5 Å². The van der Waals surface area contributed by atoms with Crippen LogP contribution < -0.4 is 11.1 Å². The molecule has 1 amide bonds. The molecule has 1 aromatic heterocycles. The van der Waals surface area contributed by atoms with Gasteiger partial charge >= 0.3 is 5.63 Å². The van der Waals surface area contributed by atoms with E-state index in [4.69, 9.17) is 4.42 Å². The summed E-state index contributed by atoms with van der Waals surface area (Å²) in [6, 6.07) is 26.1. The van der Waals surface area contributed by atoms with E-state index in [1.165, 1.54) is 0 Å². The average molecular weight is 540 g/mol. The summed E-state index contributed by atoms with van der Waals surface area (Å²) in [5.41, 5.74) is 5.02. The Hall–Kier alpha value is -4.23. The first kappa shape index (κ1) is 28.8. The minimum absolute atomic E-state index is 0.0946. The van der Waals surface area contributed by atoms with Gasteiger partial charge in [0.2, 0.25) is 5.91 Å². The molecule has 7 nitrogen and oxygen atoms in total. The SMILES string of the molecule is CCCCN(C)C[C@@H](/C(C)=N\NC(=O)Cc1ccccc1)[C@@H](c1ccccc1)c1c(O)c2ccccc2oc1=O. The van der Waals surface area contributed by atoms with Crippen molar-refractivity contribution >= 4 is 22.6 Å². The molecule has 40 heavy (non-hydrogen) atoms. The second kappa shape index (κ2) is 13.7. The lowest BCUT2D eigenvalue weighted by Crippen LogP contribution is -2.37. The average Bonchev–Trinajstić information content (AvgIpc) is 2.97. The van der Waals surface area contributed by atoms with Gasteiger partial charge in [-0.2, -0.15) is 5.10 Å². The number of nitrogens with one attached hydrogen (secondary N) is 1. The summed E-state index contributed by atoms with van der Waals surface area (Å²) in [5, 5.41) is 16.5. The van der Waals surface area contributed by atoms with Crippen molar-refractivity contribution in [2.24, 2.45) is 11.0 Å². The molecule has 0 saturated carbocycles. The van der Waals surface area contributed by atoms with Crippen LogP contribution in [0.4, 0.5) is 0 Å². The minimum Gasteiger partial charge on any atom is -0.507 e. The Labute approximate surface area is 235 Å². The normalized spacial score (nSPS) is 13.3. The number of rotatable bonds is 12. The second-order valence-electron chi connectivity index (χ2n) is 10.2. The Balaban J connectivity index is 1.78. The van der Waals surface area contributed by atoms with Crippen LogP contribution in [0.25, 0.3) is 11.0 Å². The Kier molecular flexibility index (Phi) is 9.86. The lowest BCUT2D eigenvalue weighted by Gasteiger charge is -2.31. The molecular weight excluding hydrogens is 502 g/mol. The van der Waals surface area contributed by atoms with Gasteiger partial charge in [-0.05, 0) is 50.2 Å². The number of hydrogen-bond acceptors (Lipinski definition) is 6. The number of unbranched alkanes of at least 4 members (excludes halogenated alkanes) is 1. The summed E-state index contributed by atoms with van der Waals surface area (Å²) < 4.78 is 5.70. The van der Waals surface area contributed by atoms with E-state index in [9.17, 15) is 14.7 Å². The van der Waals surface area contributed by atoms with Crippen molar-refractivity contribution < 1.29 is 14.3 Å². The van der Waals surface area contributed by atoms with E-state index in [2.05, 4.69) is 22.4 Å². The van der Waals surface area contributed by atoms with Gasteiger partial charge in [-0.3, -0.25) is 4.79 Å². The molecule has 0 radical (unpaired) electrons. The highest BCUT2D eigenvalue weighted by atomic mass is 16.4. The van der Waals surface area contributed by atoms with Crippen molar-refractivity contribution in [1.29, 1.82) is 0 Å². The number of benzene rings is 3. The van der Waals surface area contributed by atoms with Gasteiger partial charge in [-0.1, -0.05) is 86.1 Å². The molecule has 0 aliphatic carbocycles. The number of carbonyl (C=O) groups excluding carboxylic acids is 1. The van der Waals surface area contributed by atoms with E-state index in [0.29, 0.717) is 23.2 Å². The molecule has 2 atom stereocenters. The molecule has 0 fully saturated rings. The third kappa shape index (κ3) is 7.04. The molecule has 2 N–H and O–H groups in total. The molecule has 0 aliphatic rings. The van der Waals surface area contributed by atoms with E-state index in [1.807, 2.05) is 74.6 Å². The van der Waals surface area contributed by atoms with Crippen LogP contribution in [0.15, 0.2) is 99.2 Å². The molecule has 0 saturated heterocycles. The molecule has 0 spiro atoms. The van der Waals surface area contributed by atoms with Crippen molar-refractivity contribution in [1.82, 2.24) is 10.3 Å². The highest BCUT2D eigenvalue weighted by Gasteiger charge is 2.34. The largest absolute Gasteiger partial charge is 0.507 e. The molecule has 4 rings (SSSR count). The first-order valence-electron chi connectivity index (χ1n) is 13.7. The molecule has 1 heterocycles. The number of carbonyl (C=O) groups is 1. The predicted octanol–water partition coefficient (Wildman–Crippen LogP) is 5.71. The molecule has 0 aliphatic heterocycles. The molecule has 208 valence electrons. The van der Waals surface area contributed by atoms with Crippen molar-refractivity contribution in [2.45, 2.75) is 39.0 Å². The van der Waals surface area contributed by atoms with Crippen LogP contribution >= 0.6 is 0 Å². The van der Waals surface area contributed by atoms with Gasteiger partial charge in [0.05, 0.1) is 17.4 Å². The van der Waals surface area contributed by atoms with Gasteiger partial charge < -0.3 is 14.4 Å². The fraction of sp³-hybridized carbons (Fsp3) is 0.303. The van der Waals surface area contributed by atoms with Crippen LogP contribution in [-0.4, -0.2) is 41.8 Å². The molecule has 0 bridgehead atoms. The monoisotopic (exact) mass is 539 g/mol. The fourth-order valence-electron chi connectivity index (χ4n) is 5.07. The number of hydrogen-bond donors (Lipinski definition) is 2. The van der Waals surface area contributed by atoms with Crippen molar-refractivity contribution in [3.8, 4) is 5.75 Å². The van der Waals surface area contributed by atoms with Gasteiger partial charge in [0.1, 0.15) is 11.3 Å². The van der Waals surface area contributed by atoms with Gasteiger partial charge in [0.25, 0.3) is 0 Å². The van der Waals surface area contributed by atoms with Crippen molar-refractivity contribution in [3.63, 3.8) is 0 Å². The summed E-state index contributed by atoms with van der Waals surface area (Å²) in [4.78, 5) is 28.4. The topological polar surface area (TPSA) is 95.1 Å². The number of hydrazone groups is 1. The maximum atomic E-state index is 13.5. The van der Waals surface area contributed by atoms with Gasteiger partial charge in [0.15, 0.2) is 0 Å². The highest BCUT2D eigenvalue weighted by molar-refractivity contribution is 5.89. The smallest absolute Gasteiger partial charge is 0.343 e. The molecule has 0 unspecified atom stereocenters. The van der Waals surface area contributed by atoms with Gasteiger partial charge in [-0.15, -0.1) is 0 Å². The zero-order valence-electron chi connectivity index (χ0n) is 23.3. The molecule has 7 heteroatoms. The number of aromatic hydroxyl groups is 1. The summed E-state index contributed by atoms with van der Waals surface area (Å²) in [6.45, 7) is 5.41. The van der Waals surface area contributed by atoms with E-state index >= 15 is 0 Å². The lowest BCUT2D eigenvalue weighted by molar-refractivity contribution is -0.120. The minimum atomic E-state index is -0.591. The first-order chi connectivity index (χ1) is 19.4. The summed E-state index contributed by atoms with van der Waals surface area (Å²) in [7, 11) is 2.04. The summed E-state index contributed by atoms with van der Waals surface area (Å²) in [5.74, 6) is -1.24. The van der Waals surface area contributed by atoms with Crippen LogP contribution in [0.1, 0.15) is 49.3 Å². The van der Waals surface area contributed by atoms with Crippen LogP contribution in [0.3, 0.4) is 0 Å². The highest BCUT2D eigenvalue weighted by Crippen LogP contribution is 2.39. The van der Waals surface area contributed by atoms with Crippen molar-refractivity contribution in [3.05, 3.63) is 112 Å². The Morgan fingerprint density at radius 3 is 2.35 bits per heavy atom. The maximum absolute atomic E-state index is 13.5. The zero-order chi connectivity index (χ0) is 28.5. The van der Waals surface area contributed by atoms with E-state index in [-0.39, 0.29) is 29.6 Å². The third-order valence-electron chi connectivity index (χ3n) is 7.19. The quantitative estimate of drug-likeness (QED) is 0.137. The van der Waals surface area contributed by atoms with E-state index in [0.717, 1.165) is 30.5 Å². The Morgan fingerprint density at radius 1 is 1.00 bits per heavy atom. The van der Waals surface area contributed by atoms with Crippen LogP contribution in [0.2, 0.25) is 0 Å². The fourth-order valence-corrected chi connectivity index (χ4v) is 5.07. The number of para-hydroxylation sites is 1. The summed E-state index contributed by atoms with van der Waals surface area (Å²) >= 11 is 0. The molecular formula is C33H37N3O4. The summed E-state index contributed by atoms with van der Waals surface area (Å²) in [6.07, 6.45) is 2.28. The molecule has 4 aromatic rings. The Bertz CT molecular complexity index is 1500. The van der Waals surface area contributed by atoms with Crippen LogP contribution in [0.5, 0.6) is 5.75 Å². The maximum Gasteiger partial charge on any atom is 0.343 e. The van der Waals surface area contributed by atoms with Gasteiger partial charge in [-0.25, -0.2) is 10.2 Å². The standard InChI is InChI=1S/C33H37N3O4/c1-4-5-20-36(3)22-27(23(2)34-35-29(37)21-24-14-8-6-9-15-24)30(25-16-10-7-11-17-25)31-32(38)26-18-12-13-19-28(26)40-33(31)39/h6-19,27,30,38H,4-5,20-22H2,1-3H3,(H,35,37)/b34-23-/t27-,30+/m0/s1. The van der Waals surface area contributed by atoms with Gasteiger partial charge in [0, 0.05) is 24.1 Å². The number of nitrogens with zero attached hydrogens (tertiary/aromatic N) is 2. The predicted molar refractivity (Wildman–Crippen MR) is 160 cm³/mol. The number of fused-ring (bicyclic) bond motifs is 1. The van der Waals surface area contributed by atoms with Crippen LogP contribution in [-0.2, 0) is 11.2 Å². The third-order valence-corrected chi connectivity index (χ3v) is 7.19. The molecule has 3 aromatic carbocycles. The second-order valence-corrected chi connectivity index (χ2v) is 10.2.